The van der Waals surface area contributed by atoms with Crippen LogP contribution >= 0.6 is 0 Å². The van der Waals surface area contributed by atoms with E-state index in [0.717, 1.165) is 36.8 Å². The van der Waals surface area contributed by atoms with Crippen LogP contribution in [0.4, 0.5) is 0 Å². The summed E-state index contributed by atoms with van der Waals surface area (Å²) in [7, 11) is 0. The quantitative estimate of drug-likeness (QED) is 0.819. The van der Waals surface area contributed by atoms with Crippen LogP contribution in [0.5, 0.6) is 0 Å². The van der Waals surface area contributed by atoms with Gasteiger partial charge in [-0.3, -0.25) is 9.59 Å². The Morgan fingerprint density at radius 1 is 1.05 bits per heavy atom. The van der Waals surface area contributed by atoms with Gasteiger partial charge in [-0.15, -0.1) is 0 Å². The van der Waals surface area contributed by atoms with E-state index in [1.165, 1.54) is 12.8 Å². The molecule has 1 saturated carbocycles. The number of amides is 1. The van der Waals surface area contributed by atoms with Gasteiger partial charge in [-0.05, 0) is 24.0 Å². The fraction of sp³-hybridized carbons (Fsp3) is 0.529. The maximum absolute atomic E-state index is 12.2. The second kappa shape index (κ2) is 7.81. The fourth-order valence-corrected chi connectivity index (χ4v) is 2.93. The summed E-state index contributed by atoms with van der Waals surface area (Å²) in [5, 5.41) is 11.9. The number of hydrogen-bond acceptors (Lipinski definition) is 2. The van der Waals surface area contributed by atoms with Crippen LogP contribution in [0.1, 0.15) is 49.7 Å². The molecule has 21 heavy (non-hydrogen) atoms. The van der Waals surface area contributed by atoms with Gasteiger partial charge < -0.3 is 10.4 Å². The van der Waals surface area contributed by atoms with Crippen LogP contribution in [-0.2, 0) is 22.6 Å². The number of hydrogen-bond donors (Lipinski definition) is 2. The van der Waals surface area contributed by atoms with Crippen LogP contribution < -0.4 is 5.32 Å². The molecule has 0 spiro atoms. The van der Waals surface area contributed by atoms with Crippen molar-refractivity contribution in [1.82, 2.24) is 5.32 Å². The lowest BCUT2D eigenvalue weighted by atomic mass is 9.99. The van der Waals surface area contributed by atoms with E-state index in [4.69, 9.17) is 5.11 Å². The standard InChI is InChI=1S/C17H23NO3/c19-16(20)11-14-9-5-6-10-15(14)12-18-17(21)13-7-3-1-2-4-8-13/h5-6,9-10,13H,1-4,7-8,11-12H2,(H,18,21)(H,19,20). The molecule has 0 aliphatic heterocycles. The van der Waals surface area contributed by atoms with E-state index in [1.54, 1.807) is 6.07 Å². The molecular formula is C17H23NO3. The summed E-state index contributed by atoms with van der Waals surface area (Å²) >= 11 is 0. The van der Waals surface area contributed by atoms with Crippen LogP contribution in [-0.4, -0.2) is 17.0 Å². The molecule has 1 aromatic rings. The number of nitrogens with one attached hydrogen (secondary N) is 1. The van der Waals surface area contributed by atoms with Crippen molar-refractivity contribution in [3.05, 3.63) is 35.4 Å². The van der Waals surface area contributed by atoms with Crippen LogP contribution in [0, 0.1) is 5.92 Å². The monoisotopic (exact) mass is 289 g/mol. The van der Waals surface area contributed by atoms with Crippen molar-refractivity contribution in [3.8, 4) is 0 Å². The third-order valence-electron chi connectivity index (χ3n) is 4.14. The average molecular weight is 289 g/mol. The Balaban J connectivity index is 1.92. The normalized spacial score (nSPS) is 16.2. The van der Waals surface area contributed by atoms with Crippen molar-refractivity contribution in [2.24, 2.45) is 5.92 Å². The Labute approximate surface area is 125 Å². The highest BCUT2D eigenvalue weighted by atomic mass is 16.4. The zero-order valence-corrected chi connectivity index (χ0v) is 12.3. The molecule has 1 amide bonds. The highest BCUT2D eigenvalue weighted by Crippen LogP contribution is 2.23. The minimum Gasteiger partial charge on any atom is -0.481 e. The van der Waals surface area contributed by atoms with E-state index >= 15 is 0 Å². The molecule has 0 unspecified atom stereocenters. The van der Waals surface area contributed by atoms with Crippen molar-refractivity contribution < 1.29 is 14.7 Å². The zero-order chi connectivity index (χ0) is 15.1. The second-order valence-corrected chi connectivity index (χ2v) is 5.75. The molecule has 2 N–H and O–H groups in total. The number of carbonyl (C=O) groups is 2. The molecule has 1 aromatic carbocycles. The number of benzene rings is 1. The summed E-state index contributed by atoms with van der Waals surface area (Å²) in [4.78, 5) is 23.1. The van der Waals surface area contributed by atoms with Crippen LogP contribution in [0.25, 0.3) is 0 Å². The molecule has 0 saturated heterocycles. The lowest BCUT2D eigenvalue weighted by Gasteiger charge is -2.15. The summed E-state index contributed by atoms with van der Waals surface area (Å²) in [6.07, 6.45) is 6.67. The molecule has 114 valence electrons. The molecule has 1 fully saturated rings. The van der Waals surface area contributed by atoms with Gasteiger partial charge in [0.1, 0.15) is 0 Å². The smallest absolute Gasteiger partial charge is 0.307 e. The summed E-state index contributed by atoms with van der Waals surface area (Å²) in [6.45, 7) is 0.415. The van der Waals surface area contributed by atoms with Gasteiger partial charge in [-0.25, -0.2) is 0 Å². The Morgan fingerprint density at radius 3 is 2.29 bits per heavy atom. The van der Waals surface area contributed by atoms with Crippen LogP contribution in [0.3, 0.4) is 0 Å². The number of aliphatic carboxylic acids is 1. The van der Waals surface area contributed by atoms with Gasteiger partial charge in [0.2, 0.25) is 5.91 Å². The van der Waals surface area contributed by atoms with E-state index in [2.05, 4.69) is 5.32 Å². The van der Waals surface area contributed by atoms with Gasteiger partial charge in [0.25, 0.3) is 0 Å². The maximum atomic E-state index is 12.2. The van der Waals surface area contributed by atoms with Gasteiger partial charge in [0.05, 0.1) is 6.42 Å². The third kappa shape index (κ3) is 4.88. The van der Waals surface area contributed by atoms with Crippen LogP contribution in [0.2, 0.25) is 0 Å². The predicted octanol–water partition coefficient (Wildman–Crippen LogP) is 2.90. The number of carboxylic acid groups (broad SMARTS) is 1. The van der Waals surface area contributed by atoms with E-state index < -0.39 is 5.97 Å². The van der Waals surface area contributed by atoms with E-state index in [9.17, 15) is 9.59 Å². The summed E-state index contributed by atoms with van der Waals surface area (Å²) < 4.78 is 0. The first-order valence-electron chi connectivity index (χ1n) is 7.73. The number of rotatable bonds is 5. The maximum Gasteiger partial charge on any atom is 0.307 e. The van der Waals surface area contributed by atoms with Gasteiger partial charge in [-0.1, -0.05) is 49.9 Å². The third-order valence-corrected chi connectivity index (χ3v) is 4.14. The molecule has 0 heterocycles. The molecule has 0 atom stereocenters. The van der Waals surface area contributed by atoms with Crippen molar-refractivity contribution in [2.45, 2.75) is 51.5 Å². The molecule has 4 heteroatoms. The van der Waals surface area contributed by atoms with E-state index in [-0.39, 0.29) is 18.2 Å². The zero-order valence-electron chi connectivity index (χ0n) is 12.3. The van der Waals surface area contributed by atoms with Gasteiger partial charge in [0, 0.05) is 12.5 Å². The molecular weight excluding hydrogens is 266 g/mol. The number of carboxylic acids is 1. The molecule has 1 aliphatic carbocycles. The van der Waals surface area contributed by atoms with Gasteiger partial charge in [-0.2, -0.15) is 0 Å². The minimum absolute atomic E-state index is 0.00449. The first-order valence-corrected chi connectivity index (χ1v) is 7.73. The fourth-order valence-electron chi connectivity index (χ4n) is 2.93. The molecule has 2 rings (SSSR count). The highest BCUT2D eigenvalue weighted by Gasteiger charge is 2.19. The van der Waals surface area contributed by atoms with Crippen LogP contribution in [0.15, 0.2) is 24.3 Å². The Bertz CT molecular complexity index is 491. The lowest BCUT2D eigenvalue weighted by Crippen LogP contribution is -2.30. The summed E-state index contributed by atoms with van der Waals surface area (Å²) in [6, 6.07) is 7.39. The van der Waals surface area contributed by atoms with E-state index in [0.29, 0.717) is 6.54 Å². The molecule has 0 radical (unpaired) electrons. The van der Waals surface area contributed by atoms with Crippen molar-refractivity contribution in [2.75, 3.05) is 0 Å². The van der Waals surface area contributed by atoms with Gasteiger partial charge in [0.15, 0.2) is 0 Å². The van der Waals surface area contributed by atoms with Crippen molar-refractivity contribution in [3.63, 3.8) is 0 Å². The second-order valence-electron chi connectivity index (χ2n) is 5.75. The first kappa shape index (κ1) is 15.5. The molecule has 4 nitrogen and oxygen atoms in total. The van der Waals surface area contributed by atoms with Gasteiger partial charge >= 0.3 is 5.97 Å². The summed E-state index contributed by atoms with van der Waals surface area (Å²) in [5.74, 6) is -0.612. The Hall–Kier alpha value is -1.84. The Kier molecular flexibility index (Phi) is 5.78. The number of carbonyl (C=O) groups excluding carboxylic acids is 1. The predicted molar refractivity (Wildman–Crippen MR) is 80.8 cm³/mol. The minimum atomic E-state index is -0.849. The summed E-state index contributed by atoms with van der Waals surface area (Å²) in [5.41, 5.74) is 1.66. The lowest BCUT2D eigenvalue weighted by molar-refractivity contribution is -0.136. The first-order chi connectivity index (χ1) is 10.2. The average Bonchev–Trinajstić information content (AvgIpc) is 2.74. The molecule has 1 aliphatic rings. The van der Waals surface area contributed by atoms with Crippen molar-refractivity contribution in [1.29, 1.82) is 0 Å². The Morgan fingerprint density at radius 2 is 1.67 bits per heavy atom. The van der Waals surface area contributed by atoms with E-state index in [1.807, 2.05) is 18.2 Å². The largest absolute Gasteiger partial charge is 0.481 e. The highest BCUT2D eigenvalue weighted by molar-refractivity contribution is 5.78. The SMILES string of the molecule is O=C(O)Cc1ccccc1CNC(=O)C1CCCCCC1. The molecule has 0 aromatic heterocycles. The molecule has 0 bridgehead atoms. The van der Waals surface area contributed by atoms with Crippen molar-refractivity contribution >= 4 is 11.9 Å². The topological polar surface area (TPSA) is 66.4 Å².